The van der Waals surface area contributed by atoms with Crippen LogP contribution in [0.5, 0.6) is 11.5 Å². The summed E-state index contributed by atoms with van der Waals surface area (Å²) in [4.78, 5) is 12.2. The van der Waals surface area contributed by atoms with Crippen molar-refractivity contribution in [1.29, 1.82) is 0 Å². The van der Waals surface area contributed by atoms with Crippen molar-refractivity contribution in [3.8, 4) is 11.5 Å². The minimum atomic E-state index is -0.502. The fourth-order valence-electron chi connectivity index (χ4n) is 2.59. The quantitative estimate of drug-likeness (QED) is 0.702. The average Bonchev–Trinajstić information content (AvgIpc) is 3.16. The molecule has 140 valence electrons. The molecule has 1 saturated heterocycles. The molecule has 0 saturated carbocycles. The number of carbonyl (C=O) groups excluding carboxylic acids is 1. The van der Waals surface area contributed by atoms with Crippen molar-refractivity contribution >= 4 is 5.91 Å². The molecule has 2 rings (SSSR count). The molecule has 1 aromatic rings. The Morgan fingerprint density at radius 2 is 2.24 bits per heavy atom. The molecule has 1 N–H and O–H groups in total. The number of ether oxygens (including phenoxy) is 4. The van der Waals surface area contributed by atoms with Crippen LogP contribution in [0.1, 0.15) is 38.7 Å². The third kappa shape index (κ3) is 6.21. The summed E-state index contributed by atoms with van der Waals surface area (Å²) in [5.41, 5.74) is 0.945. The van der Waals surface area contributed by atoms with E-state index in [4.69, 9.17) is 18.9 Å². The monoisotopic (exact) mass is 351 g/mol. The fraction of sp³-hybridized carbons (Fsp3) is 0.632. The summed E-state index contributed by atoms with van der Waals surface area (Å²) in [5.74, 6) is 1.25. The number of hydrogen-bond donors (Lipinski definition) is 1. The first kappa shape index (κ1) is 19.5. The van der Waals surface area contributed by atoms with E-state index in [2.05, 4.69) is 12.2 Å². The maximum absolute atomic E-state index is 12.2. The van der Waals surface area contributed by atoms with Crippen LogP contribution in [0.3, 0.4) is 0 Å². The molecule has 2 atom stereocenters. The smallest absolute Gasteiger partial charge is 0.249 e. The molecule has 0 aliphatic carbocycles. The number of rotatable bonds is 10. The molecule has 1 heterocycles. The number of hydrogen-bond acceptors (Lipinski definition) is 5. The van der Waals surface area contributed by atoms with E-state index in [9.17, 15) is 4.79 Å². The Bertz CT molecular complexity index is 543. The van der Waals surface area contributed by atoms with Gasteiger partial charge >= 0.3 is 0 Å². The van der Waals surface area contributed by atoms with Crippen LogP contribution in [0, 0.1) is 0 Å². The third-order valence-corrected chi connectivity index (χ3v) is 4.08. The van der Waals surface area contributed by atoms with Gasteiger partial charge < -0.3 is 24.3 Å². The van der Waals surface area contributed by atoms with Gasteiger partial charge in [-0.2, -0.15) is 0 Å². The molecular formula is C19H29NO5. The zero-order chi connectivity index (χ0) is 18.1. The molecule has 0 aromatic heterocycles. The lowest BCUT2D eigenvalue weighted by Crippen LogP contribution is -2.35. The van der Waals surface area contributed by atoms with Crippen molar-refractivity contribution in [2.24, 2.45) is 0 Å². The highest BCUT2D eigenvalue weighted by molar-refractivity contribution is 5.80. The van der Waals surface area contributed by atoms with Crippen LogP contribution >= 0.6 is 0 Å². The second kappa shape index (κ2) is 10.3. The number of amides is 1. The second-order valence-corrected chi connectivity index (χ2v) is 6.16. The van der Waals surface area contributed by atoms with Crippen LogP contribution in [0.25, 0.3) is 0 Å². The fourth-order valence-corrected chi connectivity index (χ4v) is 2.59. The standard InChI is InChI=1S/C19H29NO5/c1-4-9-24-17-8-7-15(11-18(17)22-3)12-20-19(21)14(2)25-13-16-6-5-10-23-16/h7-8,11,14,16H,4-6,9-10,12-13H2,1-3H3,(H,20,21). The van der Waals surface area contributed by atoms with E-state index >= 15 is 0 Å². The molecule has 1 amide bonds. The van der Waals surface area contributed by atoms with Crippen LogP contribution in [-0.2, 0) is 20.8 Å². The summed E-state index contributed by atoms with van der Waals surface area (Å²) in [6.45, 7) is 6.12. The Balaban J connectivity index is 1.79. The van der Waals surface area contributed by atoms with E-state index in [0.717, 1.165) is 31.4 Å². The van der Waals surface area contributed by atoms with Crippen molar-refractivity contribution < 1.29 is 23.7 Å². The van der Waals surface area contributed by atoms with Crippen molar-refractivity contribution in [3.05, 3.63) is 23.8 Å². The SMILES string of the molecule is CCCOc1ccc(CNC(=O)C(C)OCC2CCCO2)cc1OC. The first-order chi connectivity index (χ1) is 12.1. The van der Waals surface area contributed by atoms with Gasteiger partial charge in [0.15, 0.2) is 11.5 Å². The van der Waals surface area contributed by atoms with Gasteiger partial charge in [-0.05, 0) is 43.9 Å². The normalized spacial score (nSPS) is 18.0. The van der Waals surface area contributed by atoms with Gasteiger partial charge in [0.25, 0.3) is 0 Å². The molecule has 1 aliphatic heterocycles. The Hall–Kier alpha value is -1.79. The van der Waals surface area contributed by atoms with Crippen molar-refractivity contribution in [2.75, 3.05) is 26.9 Å². The lowest BCUT2D eigenvalue weighted by atomic mass is 10.2. The van der Waals surface area contributed by atoms with Gasteiger partial charge in [0.1, 0.15) is 6.10 Å². The second-order valence-electron chi connectivity index (χ2n) is 6.16. The number of carbonyl (C=O) groups is 1. The highest BCUT2D eigenvalue weighted by Gasteiger charge is 2.19. The van der Waals surface area contributed by atoms with E-state index in [1.807, 2.05) is 18.2 Å². The summed E-state index contributed by atoms with van der Waals surface area (Å²) in [6.07, 6.45) is 2.62. The summed E-state index contributed by atoms with van der Waals surface area (Å²) >= 11 is 0. The molecule has 1 fully saturated rings. The van der Waals surface area contributed by atoms with Crippen LogP contribution in [-0.4, -0.2) is 45.0 Å². The van der Waals surface area contributed by atoms with E-state index < -0.39 is 6.10 Å². The minimum absolute atomic E-state index is 0.121. The highest BCUT2D eigenvalue weighted by atomic mass is 16.5. The zero-order valence-electron chi connectivity index (χ0n) is 15.4. The summed E-state index contributed by atoms with van der Waals surface area (Å²) in [6, 6.07) is 5.67. The van der Waals surface area contributed by atoms with Gasteiger partial charge in [-0.1, -0.05) is 13.0 Å². The molecule has 1 aliphatic rings. The van der Waals surface area contributed by atoms with Gasteiger partial charge in [0, 0.05) is 13.2 Å². The third-order valence-electron chi connectivity index (χ3n) is 4.08. The summed E-state index contributed by atoms with van der Waals surface area (Å²) in [7, 11) is 1.61. The lowest BCUT2D eigenvalue weighted by molar-refractivity contribution is -0.133. The highest BCUT2D eigenvalue weighted by Crippen LogP contribution is 2.28. The average molecular weight is 351 g/mol. The Morgan fingerprint density at radius 1 is 1.40 bits per heavy atom. The first-order valence-electron chi connectivity index (χ1n) is 8.94. The molecule has 1 aromatic carbocycles. The van der Waals surface area contributed by atoms with Crippen LogP contribution in [0.15, 0.2) is 18.2 Å². The van der Waals surface area contributed by atoms with Gasteiger partial charge in [-0.15, -0.1) is 0 Å². The van der Waals surface area contributed by atoms with Gasteiger partial charge in [0.05, 0.1) is 26.4 Å². The largest absolute Gasteiger partial charge is 0.493 e. The molecule has 25 heavy (non-hydrogen) atoms. The molecule has 0 spiro atoms. The molecule has 6 heteroatoms. The van der Waals surface area contributed by atoms with E-state index in [1.165, 1.54) is 0 Å². The van der Waals surface area contributed by atoms with Crippen molar-refractivity contribution in [2.45, 2.75) is 51.9 Å². The summed E-state index contributed by atoms with van der Waals surface area (Å²) < 4.78 is 22.1. The van der Waals surface area contributed by atoms with Crippen LogP contribution < -0.4 is 14.8 Å². The van der Waals surface area contributed by atoms with E-state index in [-0.39, 0.29) is 12.0 Å². The first-order valence-corrected chi connectivity index (χ1v) is 8.94. The van der Waals surface area contributed by atoms with Crippen molar-refractivity contribution in [1.82, 2.24) is 5.32 Å². The molecule has 6 nitrogen and oxygen atoms in total. The molecule has 2 unspecified atom stereocenters. The van der Waals surface area contributed by atoms with Crippen LogP contribution in [0.4, 0.5) is 0 Å². The molecule has 0 radical (unpaired) electrons. The number of benzene rings is 1. The maximum Gasteiger partial charge on any atom is 0.249 e. The van der Waals surface area contributed by atoms with Crippen LogP contribution in [0.2, 0.25) is 0 Å². The Labute approximate surface area is 149 Å². The number of nitrogens with one attached hydrogen (secondary N) is 1. The molecule has 0 bridgehead atoms. The topological polar surface area (TPSA) is 66.0 Å². The van der Waals surface area contributed by atoms with Crippen molar-refractivity contribution in [3.63, 3.8) is 0 Å². The predicted molar refractivity (Wildman–Crippen MR) is 95.0 cm³/mol. The Morgan fingerprint density at radius 3 is 2.92 bits per heavy atom. The lowest BCUT2D eigenvalue weighted by Gasteiger charge is -2.16. The minimum Gasteiger partial charge on any atom is -0.493 e. The van der Waals surface area contributed by atoms with E-state index in [1.54, 1.807) is 14.0 Å². The predicted octanol–water partition coefficient (Wildman–Crippen LogP) is 2.68. The zero-order valence-corrected chi connectivity index (χ0v) is 15.4. The van der Waals surface area contributed by atoms with Gasteiger partial charge in [0.2, 0.25) is 5.91 Å². The molecular weight excluding hydrogens is 322 g/mol. The van der Waals surface area contributed by atoms with Gasteiger partial charge in [-0.3, -0.25) is 4.79 Å². The Kier molecular flexibility index (Phi) is 8.01. The maximum atomic E-state index is 12.2. The van der Waals surface area contributed by atoms with Gasteiger partial charge in [-0.25, -0.2) is 0 Å². The van der Waals surface area contributed by atoms with E-state index in [0.29, 0.717) is 31.3 Å². The summed E-state index contributed by atoms with van der Waals surface area (Å²) in [5, 5.41) is 2.89. The number of methoxy groups -OCH3 is 1.